The first-order chi connectivity index (χ1) is 9.65. The molecule has 20 heavy (non-hydrogen) atoms. The van der Waals surface area contributed by atoms with E-state index in [9.17, 15) is 9.59 Å². The summed E-state index contributed by atoms with van der Waals surface area (Å²) in [7, 11) is 0. The van der Waals surface area contributed by atoms with Gasteiger partial charge in [-0.2, -0.15) is 0 Å². The van der Waals surface area contributed by atoms with E-state index >= 15 is 0 Å². The Morgan fingerprint density at radius 2 is 2.15 bits per heavy atom. The Morgan fingerprint density at radius 1 is 1.30 bits per heavy atom. The second-order valence-corrected chi connectivity index (χ2v) is 5.95. The maximum atomic E-state index is 11.9. The van der Waals surface area contributed by atoms with Crippen LogP contribution in [-0.2, 0) is 16.1 Å². The number of hydrogen-bond acceptors (Lipinski definition) is 2. The summed E-state index contributed by atoms with van der Waals surface area (Å²) in [5.74, 6) is 0.000307. The highest BCUT2D eigenvalue weighted by atomic mass is 79.9. The molecule has 1 saturated heterocycles. The second kappa shape index (κ2) is 7.43. The maximum absolute atomic E-state index is 11.9. The van der Waals surface area contributed by atoms with Gasteiger partial charge in [0.05, 0.1) is 6.54 Å². The molecular weight excluding hydrogens is 320 g/mol. The molecular formula is C15H19BrN2O2. The average Bonchev–Trinajstić information content (AvgIpc) is 2.62. The van der Waals surface area contributed by atoms with Crippen LogP contribution in [0, 0.1) is 0 Å². The molecule has 0 saturated carbocycles. The van der Waals surface area contributed by atoms with Crippen molar-refractivity contribution in [2.75, 3.05) is 13.1 Å². The predicted molar refractivity (Wildman–Crippen MR) is 81.0 cm³/mol. The van der Waals surface area contributed by atoms with Gasteiger partial charge in [-0.15, -0.1) is 0 Å². The minimum absolute atomic E-state index is 0.0970. The topological polar surface area (TPSA) is 49.4 Å². The standard InChI is InChI=1S/C15H19BrN2O2/c16-13-6-4-5-12(9-13)10-17-14(19)11-18-8-3-1-2-7-15(18)20/h4-6,9H,1-3,7-8,10-11H2,(H,17,19). The van der Waals surface area contributed by atoms with Crippen molar-refractivity contribution in [3.8, 4) is 0 Å². The van der Waals surface area contributed by atoms with Gasteiger partial charge < -0.3 is 10.2 Å². The molecule has 5 heteroatoms. The lowest BCUT2D eigenvalue weighted by atomic mass is 10.2. The number of hydrogen-bond donors (Lipinski definition) is 1. The van der Waals surface area contributed by atoms with Gasteiger partial charge in [-0.25, -0.2) is 0 Å². The van der Waals surface area contributed by atoms with Crippen LogP contribution in [0.4, 0.5) is 0 Å². The Morgan fingerprint density at radius 3 is 2.95 bits per heavy atom. The van der Waals surface area contributed by atoms with Crippen molar-refractivity contribution in [3.63, 3.8) is 0 Å². The molecule has 1 aliphatic rings. The van der Waals surface area contributed by atoms with Gasteiger partial charge in [0.2, 0.25) is 11.8 Å². The fourth-order valence-corrected chi connectivity index (χ4v) is 2.73. The Kier molecular flexibility index (Phi) is 5.59. The van der Waals surface area contributed by atoms with Gasteiger partial charge in [0.1, 0.15) is 0 Å². The van der Waals surface area contributed by atoms with Crippen LogP contribution in [-0.4, -0.2) is 29.8 Å². The molecule has 2 rings (SSSR count). The number of nitrogens with one attached hydrogen (secondary N) is 1. The smallest absolute Gasteiger partial charge is 0.239 e. The molecule has 1 aromatic carbocycles. The number of rotatable bonds is 4. The van der Waals surface area contributed by atoms with Crippen molar-refractivity contribution in [2.45, 2.75) is 32.2 Å². The minimum Gasteiger partial charge on any atom is -0.350 e. The van der Waals surface area contributed by atoms with Crippen LogP contribution in [0.2, 0.25) is 0 Å². The lowest BCUT2D eigenvalue weighted by molar-refractivity contribution is -0.135. The third-order valence-electron chi connectivity index (χ3n) is 3.38. The molecule has 4 nitrogen and oxygen atoms in total. The van der Waals surface area contributed by atoms with Crippen LogP contribution in [0.25, 0.3) is 0 Å². The lowest BCUT2D eigenvalue weighted by Crippen LogP contribution is -2.40. The van der Waals surface area contributed by atoms with E-state index in [0.29, 0.717) is 19.5 Å². The fourth-order valence-electron chi connectivity index (χ4n) is 2.28. The molecule has 108 valence electrons. The Labute approximate surface area is 127 Å². The van der Waals surface area contributed by atoms with E-state index in [1.807, 2.05) is 24.3 Å². The third-order valence-corrected chi connectivity index (χ3v) is 3.88. The van der Waals surface area contributed by atoms with Crippen LogP contribution in [0.3, 0.4) is 0 Å². The molecule has 0 aliphatic carbocycles. The monoisotopic (exact) mass is 338 g/mol. The van der Waals surface area contributed by atoms with Gasteiger partial charge >= 0.3 is 0 Å². The van der Waals surface area contributed by atoms with Crippen molar-refractivity contribution in [2.24, 2.45) is 0 Å². The molecule has 0 bridgehead atoms. The van der Waals surface area contributed by atoms with Crippen LogP contribution in [0.15, 0.2) is 28.7 Å². The fraction of sp³-hybridized carbons (Fsp3) is 0.467. The zero-order valence-electron chi connectivity index (χ0n) is 11.4. The van der Waals surface area contributed by atoms with Gasteiger partial charge in [-0.3, -0.25) is 9.59 Å². The summed E-state index contributed by atoms with van der Waals surface area (Å²) in [6.45, 7) is 1.36. The van der Waals surface area contributed by atoms with E-state index in [0.717, 1.165) is 29.3 Å². The summed E-state index contributed by atoms with van der Waals surface area (Å²) in [5.41, 5.74) is 1.04. The summed E-state index contributed by atoms with van der Waals surface area (Å²) >= 11 is 3.40. The van der Waals surface area contributed by atoms with Gasteiger partial charge in [0.15, 0.2) is 0 Å². The number of carbonyl (C=O) groups excluding carboxylic acids is 2. The number of benzene rings is 1. The second-order valence-electron chi connectivity index (χ2n) is 5.03. The van der Waals surface area contributed by atoms with Crippen LogP contribution in [0.1, 0.15) is 31.2 Å². The van der Waals surface area contributed by atoms with E-state index in [4.69, 9.17) is 0 Å². The van der Waals surface area contributed by atoms with Gasteiger partial charge in [0.25, 0.3) is 0 Å². The van der Waals surface area contributed by atoms with Crippen LogP contribution < -0.4 is 5.32 Å². The zero-order valence-corrected chi connectivity index (χ0v) is 13.0. The summed E-state index contributed by atoms with van der Waals surface area (Å²) < 4.78 is 0.993. The predicted octanol–water partition coefficient (Wildman–Crippen LogP) is 2.47. The summed E-state index contributed by atoms with van der Waals surface area (Å²) in [5, 5.41) is 2.86. The zero-order chi connectivity index (χ0) is 14.4. The van der Waals surface area contributed by atoms with Crippen LogP contribution in [0.5, 0.6) is 0 Å². The molecule has 0 atom stereocenters. The number of halogens is 1. The summed E-state index contributed by atoms with van der Waals surface area (Å²) in [6, 6.07) is 7.81. The van der Waals surface area contributed by atoms with Gasteiger partial charge in [-0.1, -0.05) is 34.5 Å². The molecule has 1 aliphatic heterocycles. The van der Waals surface area contributed by atoms with Gasteiger partial charge in [-0.05, 0) is 30.5 Å². The number of likely N-dealkylation sites (tertiary alicyclic amines) is 1. The van der Waals surface area contributed by atoms with Crippen molar-refractivity contribution >= 4 is 27.7 Å². The van der Waals surface area contributed by atoms with E-state index in [1.165, 1.54) is 0 Å². The SMILES string of the molecule is O=C(CN1CCCCCC1=O)NCc1cccc(Br)c1. The molecule has 2 amide bonds. The number of carbonyl (C=O) groups is 2. The molecule has 1 heterocycles. The van der Waals surface area contributed by atoms with Crippen molar-refractivity contribution in [3.05, 3.63) is 34.3 Å². The third kappa shape index (κ3) is 4.63. The molecule has 1 N–H and O–H groups in total. The highest BCUT2D eigenvalue weighted by molar-refractivity contribution is 9.10. The molecule has 1 fully saturated rings. The van der Waals surface area contributed by atoms with Crippen molar-refractivity contribution in [1.29, 1.82) is 0 Å². The lowest BCUT2D eigenvalue weighted by Gasteiger charge is -2.19. The number of nitrogens with zero attached hydrogens (tertiary/aromatic N) is 1. The van der Waals surface area contributed by atoms with Crippen molar-refractivity contribution in [1.82, 2.24) is 10.2 Å². The van der Waals surface area contributed by atoms with Crippen molar-refractivity contribution < 1.29 is 9.59 Å². The van der Waals surface area contributed by atoms with Gasteiger partial charge in [0, 0.05) is 24.0 Å². The first-order valence-electron chi connectivity index (χ1n) is 6.94. The molecule has 0 aromatic heterocycles. The van der Waals surface area contributed by atoms with E-state index in [1.54, 1.807) is 4.90 Å². The normalized spacial score (nSPS) is 15.8. The summed E-state index contributed by atoms with van der Waals surface area (Å²) in [4.78, 5) is 25.4. The number of amides is 2. The first kappa shape index (κ1) is 15.0. The summed E-state index contributed by atoms with van der Waals surface area (Å²) in [6.07, 6.45) is 3.57. The molecule has 0 radical (unpaired) electrons. The highest BCUT2D eigenvalue weighted by Crippen LogP contribution is 2.12. The Balaban J connectivity index is 1.81. The highest BCUT2D eigenvalue weighted by Gasteiger charge is 2.18. The van der Waals surface area contributed by atoms with E-state index in [-0.39, 0.29) is 18.4 Å². The largest absolute Gasteiger partial charge is 0.350 e. The molecule has 0 unspecified atom stereocenters. The first-order valence-corrected chi connectivity index (χ1v) is 7.73. The average molecular weight is 339 g/mol. The minimum atomic E-state index is -0.0970. The van der Waals surface area contributed by atoms with E-state index < -0.39 is 0 Å². The van der Waals surface area contributed by atoms with Crippen LogP contribution >= 0.6 is 15.9 Å². The quantitative estimate of drug-likeness (QED) is 0.916. The molecule has 0 spiro atoms. The van der Waals surface area contributed by atoms with E-state index in [2.05, 4.69) is 21.2 Å². The molecule has 1 aromatic rings. The Hall–Kier alpha value is -1.36. The Bertz CT molecular complexity index is 491. The maximum Gasteiger partial charge on any atom is 0.239 e.